The molecule has 1 saturated carbocycles. The molecule has 0 radical (unpaired) electrons. The van der Waals surface area contributed by atoms with Crippen molar-refractivity contribution in [2.45, 2.75) is 50.3 Å². The van der Waals surface area contributed by atoms with Gasteiger partial charge in [0.15, 0.2) is 5.60 Å². The van der Waals surface area contributed by atoms with Gasteiger partial charge in [-0.25, -0.2) is 0 Å². The Bertz CT molecular complexity index is 654. The average Bonchev–Trinajstić information content (AvgIpc) is 3.02. The number of nitrogens with zero attached hydrogens (tertiary/aromatic N) is 2. The number of fused-ring (bicyclic) bond motifs is 1. The summed E-state index contributed by atoms with van der Waals surface area (Å²) >= 11 is 0. The van der Waals surface area contributed by atoms with Crippen molar-refractivity contribution in [3.8, 4) is 5.75 Å². The lowest BCUT2D eigenvalue weighted by Crippen LogP contribution is -2.50. The second-order valence-electron chi connectivity index (χ2n) is 8.37. The number of benzene rings is 1. The van der Waals surface area contributed by atoms with Gasteiger partial charge in [0.2, 0.25) is 5.91 Å². The quantitative estimate of drug-likeness (QED) is 0.815. The minimum atomic E-state index is -0.391. The van der Waals surface area contributed by atoms with E-state index >= 15 is 0 Å². The monoisotopic (exact) mass is 358 g/mol. The highest BCUT2D eigenvalue weighted by Crippen LogP contribution is 2.36. The summed E-state index contributed by atoms with van der Waals surface area (Å²) in [6.07, 6.45) is 5.14. The number of rotatable bonds is 2. The van der Waals surface area contributed by atoms with Crippen molar-refractivity contribution < 1.29 is 14.3 Å². The highest BCUT2D eigenvalue weighted by molar-refractivity contribution is 5.79. The Morgan fingerprint density at radius 3 is 2.88 bits per heavy atom. The van der Waals surface area contributed by atoms with Crippen LogP contribution in [0.2, 0.25) is 0 Å². The van der Waals surface area contributed by atoms with E-state index in [-0.39, 0.29) is 5.92 Å². The molecule has 0 bridgehead atoms. The summed E-state index contributed by atoms with van der Waals surface area (Å²) in [4.78, 5) is 17.8. The minimum Gasteiger partial charge on any atom is -0.483 e. The molecule has 3 aliphatic rings. The predicted octanol–water partition coefficient (Wildman–Crippen LogP) is 2.69. The van der Waals surface area contributed by atoms with Gasteiger partial charge in [0.1, 0.15) is 5.75 Å². The highest BCUT2D eigenvalue weighted by atomic mass is 16.6. The second-order valence-corrected chi connectivity index (χ2v) is 8.37. The van der Waals surface area contributed by atoms with E-state index in [1.165, 1.54) is 6.42 Å². The number of carbonyl (C=O) groups excluding carboxylic acids is 1. The largest absolute Gasteiger partial charge is 0.483 e. The van der Waals surface area contributed by atoms with Crippen LogP contribution in [0.15, 0.2) is 24.3 Å². The fourth-order valence-electron chi connectivity index (χ4n) is 4.67. The third kappa shape index (κ3) is 3.47. The molecule has 1 aromatic carbocycles. The van der Waals surface area contributed by atoms with Gasteiger partial charge in [0.25, 0.3) is 0 Å². The summed E-state index contributed by atoms with van der Waals surface area (Å²) in [5.41, 5.74) is 0.710. The van der Waals surface area contributed by atoms with E-state index in [9.17, 15) is 4.79 Å². The Labute approximate surface area is 156 Å². The zero-order chi connectivity index (χ0) is 18.1. The maximum atomic E-state index is 13.4. The summed E-state index contributed by atoms with van der Waals surface area (Å²) in [5.74, 6) is 1.33. The number of carbonyl (C=O) groups is 1. The van der Waals surface area contributed by atoms with Crippen LogP contribution in [-0.4, -0.2) is 61.2 Å². The van der Waals surface area contributed by atoms with Crippen LogP contribution in [0.1, 0.15) is 37.7 Å². The van der Waals surface area contributed by atoms with E-state index in [2.05, 4.69) is 25.1 Å². The van der Waals surface area contributed by atoms with Crippen molar-refractivity contribution in [2.24, 2.45) is 5.92 Å². The molecule has 142 valence electrons. The van der Waals surface area contributed by atoms with Gasteiger partial charge in [0, 0.05) is 30.5 Å². The molecule has 1 aromatic rings. The summed E-state index contributed by atoms with van der Waals surface area (Å²) in [5, 5.41) is 0. The summed E-state index contributed by atoms with van der Waals surface area (Å²) in [7, 11) is 4.25. The molecule has 26 heavy (non-hydrogen) atoms. The zero-order valence-electron chi connectivity index (χ0n) is 15.9. The number of ether oxygens (including phenoxy) is 2. The molecular formula is C21H30N2O3. The van der Waals surface area contributed by atoms with Gasteiger partial charge < -0.3 is 19.3 Å². The lowest BCUT2D eigenvalue weighted by Gasteiger charge is -2.37. The van der Waals surface area contributed by atoms with Crippen LogP contribution in [0.4, 0.5) is 0 Å². The Morgan fingerprint density at radius 2 is 2.12 bits per heavy atom. The maximum absolute atomic E-state index is 13.4. The van der Waals surface area contributed by atoms with Crippen LogP contribution in [0.25, 0.3) is 0 Å². The first-order valence-corrected chi connectivity index (χ1v) is 9.86. The van der Waals surface area contributed by atoms with E-state index in [1.54, 1.807) is 0 Å². The molecule has 1 aliphatic carbocycles. The lowest BCUT2D eigenvalue weighted by molar-refractivity contribution is -0.140. The average molecular weight is 358 g/mol. The Hall–Kier alpha value is -1.59. The van der Waals surface area contributed by atoms with Crippen molar-refractivity contribution in [3.05, 3.63) is 29.8 Å². The molecule has 2 aliphatic heterocycles. The third-order valence-electron chi connectivity index (χ3n) is 6.24. The molecule has 5 heteroatoms. The number of amides is 1. The number of hydrogen-bond donors (Lipinski definition) is 0. The van der Waals surface area contributed by atoms with Crippen LogP contribution in [0.3, 0.4) is 0 Å². The molecule has 5 nitrogen and oxygen atoms in total. The van der Waals surface area contributed by atoms with Crippen LogP contribution in [0.5, 0.6) is 5.75 Å². The van der Waals surface area contributed by atoms with Gasteiger partial charge in [0.05, 0.1) is 19.8 Å². The summed E-state index contributed by atoms with van der Waals surface area (Å²) < 4.78 is 12.1. The summed E-state index contributed by atoms with van der Waals surface area (Å²) in [6, 6.07) is 8.64. The molecule has 0 aromatic heterocycles. The third-order valence-corrected chi connectivity index (χ3v) is 6.24. The van der Waals surface area contributed by atoms with E-state index in [1.807, 2.05) is 23.1 Å². The molecule has 1 unspecified atom stereocenters. The first-order chi connectivity index (χ1) is 12.6. The molecule has 0 N–H and O–H groups in total. The standard InChI is InChI=1S/C21H30N2O3/c1-22(2)18-8-5-7-16(12-18)20(24)23-13-17-6-3-4-9-19(17)26-21(14-23)10-11-25-15-21/h3-4,6,9,16,18H,5,7-8,10-15H2,1-2H3/t16-,18+,21?/m0/s1. The molecule has 3 atom stereocenters. The Balaban J connectivity index is 1.57. The fourth-order valence-corrected chi connectivity index (χ4v) is 4.67. The highest BCUT2D eigenvalue weighted by Gasteiger charge is 2.44. The molecule has 2 heterocycles. The van der Waals surface area contributed by atoms with Gasteiger partial charge in [-0.2, -0.15) is 0 Å². The first kappa shape index (κ1) is 17.8. The second kappa shape index (κ2) is 7.20. The molecule has 1 saturated heterocycles. The molecule has 1 amide bonds. The van der Waals surface area contributed by atoms with Crippen molar-refractivity contribution in [1.29, 1.82) is 0 Å². The SMILES string of the molecule is CN(C)[C@@H]1CCC[C@H](C(=O)N2Cc3ccccc3OC3(CCOC3)C2)C1. The van der Waals surface area contributed by atoms with Gasteiger partial charge in [-0.3, -0.25) is 4.79 Å². The maximum Gasteiger partial charge on any atom is 0.226 e. The normalized spacial score (nSPS) is 31.6. The summed E-state index contributed by atoms with van der Waals surface area (Å²) in [6.45, 7) is 2.54. The molecule has 1 spiro atoms. The van der Waals surface area contributed by atoms with Gasteiger partial charge in [-0.05, 0) is 39.4 Å². The number of para-hydroxylation sites is 1. The Kier molecular flexibility index (Phi) is 4.93. The molecule has 2 fully saturated rings. The van der Waals surface area contributed by atoms with Crippen LogP contribution in [0, 0.1) is 5.92 Å². The van der Waals surface area contributed by atoms with Crippen molar-refractivity contribution in [1.82, 2.24) is 9.80 Å². The van der Waals surface area contributed by atoms with Crippen molar-refractivity contribution >= 4 is 5.91 Å². The van der Waals surface area contributed by atoms with Crippen LogP contribution < -0.4 is 4.74 Å². The topological polar surface area (TPSA) is 42.0 Å². The van der Waals surface area contributed by atoms with Gasteiger partial charge in [-0.15, -0.1) is 0 Å². The van der Waals surface area contributed by atoms with E-state index in [0.717, 1.165) is 37.0 Å². The first-order valence-electron chi connectivity index (χ1n) is 9.86. The van der Waals surface area contributed by atoms with E-state index < -0.39 is 5.60 Å². The van der Waals surface area contributed by atoms with Crippen molar-refractivity contribution in [2.75, 3.05) is 33.9 Å². The van der Waals surface area contributed by atoms with Crippen LogP contribution >= 0.6 is 0 Å². The van der Waals surface area contributed by atoms with Crippen LogP contribution in [-0.2, 0) is 16.1 Å². The van der Waals surface area contributed by atoms with Gasteiger partial charge in [-0.1, -0.05) is 24.6 Å². The molecule has 4 rings (SSSR count). The zero-order valence-corrected chi connectivity index (χ0v) is 15.9. The van der Waals surface area contributed by atoms with Crippen molar-refractivity contribution in [3.63, 3.8) is 0 Å². The molecular weight excluding hydrogens is 328 g/mol. The predicted molar refractivity (Wildman–Crippen MR) is 100 cm³/mol. The number of hydrogen-bond acceptors (Lipinski definition) is 4. The smallest absolute Gasteiger partial charge is 0.226 e. The van der Waals surface area contributed by atoms with E-state index in [0.29, 0.717) is 38.3 Å². The minimum absolute atomic E-state index is 0.126. The van der Waals surface area contributed by atoms with Gasteiger partial charge >= 0.3 is 0 Å². The fraction of sp³-hybridized carbons (Fsp3) is 0.667. The Morgan fingerprint density at radius 1 is 1.27 bits per heavy atom. The van der Waals surface area contributed by atoms with E-state index in [4.69, 9.17) is 9.47 Å². The lowest BCUT2D eigenvalue weighted by atomic mass is 9.84.